The summed E-state index contributed by atoms with van der Waals surface area (Å²) in [4.78, 5) is 0. The number of nitrogens with one attached hydrogen (secondary N) is 1. The van der Waals surface area contributed by atoms with Crippen LogP contribution in [0.4, 0.5) is 5.69 Å². The predicted molar refractivity (Wildman–Crippen MR) is 83.6 cm³/mol. The molecule has 0 aliphatic heterocycles. The van der Waals surface area contributed by atoms with Crippen LogP contribution in [0.5, 0.6) is 0 Å². The number of nitriles is 1. The van der Waals surface area contributed by atoms with Crippen molar-refractivity contribution in [3.05, 3.63) is 65.7 Å². The fourth-order valence-electron chi connectivity index (χ4n) is 2.22. The molecule has 0 aromatic heterocycles. The number of benzene rings is 2. The molecule has 2 heteroatoms. The summed E-state index contributed by atoms with van der Waals surface area (Å²) in [5.41, 5.74) is 3.04. The minimum absolute atomic E-state index is 0.01000. The third kappa shape index (κ3) is 4.13. The first kappa shape index (κ1) is 14.1. The summed E-state index contributed by atoms with van der Waals surface area (Å²) in [6.07, 6.45) is 2.08. The van der Waals surface area contributed by atoms with E-state index in [0.717, 1.165) is 18.5 Å². The van der Waals surface area contributed by atoms with Crippen molar-refractivity contribution >= 4 is 5.69 Å². The molecule has 0 unspecified atom stereocenters. The van der Waals surface area contributed by atoms with Gasteiger partial charge in [0.15, 0.2) is 0 Å². The van der Waals surface area contributed by atoms with Crippen LogP contribution in [0.2, 0.25) is 0 Å². The fraction of sp³-hybridized carbons (Fsp3) is 0.278. The molecule has 0 radical (unpaired) electrons. The van der Waals surface area contributed by atoms with E-state index >= 15 is 0 Å². The second-order valence-corrected chi connectivity index (χ2v) is 5.69. The van der Waals surface area contributed by atoms with Crippen molar-refractivity contribution < 1.29 is 0 Å². The van der Waals surface area contributed by atoms with Crippen LogP contribution in [-0.2, 0) is 6.42 Å². The lowest BCUT2D eigenvalue weighted by Crippen LogP contribution is -2.31. The molecular formula is C18H20N2. The van der Waals surface area contributed by atoms with Crippen LogP contribution in [-0.4, -0.2) is 5.54 Å². The lowest BCUT2D eigenvalue weighted by Gasteiger charge is -2.28. The van der Waals surface area contributed by atoms with Crippen molar-refractivity contribution in [3.63, 3.8) is 0 Å². The minimum atomic E-state index is -0.01000. The Morgan fingerprint density at radius 1 is 1.05 bits per heavy atom. The van der Waals surface area contributed by atoms with Crippen LogP contribution in [0.1, 0.15) is 31.4 Å². The van der Waals surface area contributed by atoms with Crippen molar-refractivity contribution in [2.75, 3.05) is 5.32 Å². The quantitative estimate of drug-likeness (QED) is 0.869. The highest BCUT2D eigenvalue weighted by molar-refractivity contribution is 5.50. The van der Waals surface area contributed by atoms with Crippen LogP contribution in [0, 0.1) is 11.3 Å². The van der Waals surface area contributed by atoms with Gasteiger partial charge in [-0.2, -0.15) is 5.26 Å². The highest BCUT2D eigenvalue weighted by atomic mass is 15.0. The van der Waals surface area contributed by atoms with E-state index in [0.29, 0.717) is 5.56 Å². The van der Waals surface area contributed by atoms with Crippen molar-refractivity contribution in [3.8, 4) is 6.07 Å². The molecule has 2 aromatic carbocycles. The summed E-state index contributed by atoms with van der Waals surface area (Å²) in [7, 11) is 0. The normalized spacial score (nSPS) is 10.8. The number of aryl methyl sites for hydroxylation is 1. The molecule has 2 rings (SSSR count). The van der Waals surface area contributed by atoms with Crippen LogP contribution in [0.3, 0.4) is 0 Å². The molecule has 0 saturated carbocycles. The third-order valence-electron chi connectivity index (χ3n) is 3.36. The Morgan fingerprint density at radius 3 is 2.50 bits per heavy atom. The van der Waals surface area contributed by atoms with E-state index in [4.69, 9.17) is 5.26 Å². The van der Waals surface area contributed by atoms with Gasteiger partial charge in [-0.3, -0.25) is 0 Å². The zero-order valence-corrected chi connectivity index (χ0v) is 12.1. The topological polar surface area (TPSA) is 35.8 Å². The average molecular weight is 264 g/mol. The Hall–Kier alpha value is -2.27. The second kappa shape index (κ2) is 6.25. The predicted octanol–water partition coefficient (Wildman–Crippen LogP) is 4.38. The number of nitrogens with zero attached hydrogens (tertiary/aromatic N) is 1. The first-order chi connectivity index (χ1) is 9.59. The summed E-state index contributed by atoms with van der Waals surface area (Å²) in [6.45, 7) is 4.38. The zero-order valence-electron chi connectivity index (χ0n) is 12.1. The van der Waals surface area contributed by atoms with E-state index in [1.165, 1.54) is 5.56 Å². The summed E-state index contributed by atoms with van der Waals surface area (Å²) in [5, 5.41) is 12.4. The van der Waals surface area contributed by atoms with Gasteiger partial charge in [0.2, 0.25) is 0 Å². The van der Waals surface area contributed by atoms with Crippen molar-refractivity contribution in [1.29, 1.82) is 5.26 Å². The minimum Gasteiger partial charge on any atom is -0.380 e. The first-order valence-electron chi connectivity index (χ1n) is 6.91. The van der Waals surface area contributed by atoms with E-state index < -0.39 is 0 Å². The van der Waals surface area contributed by atoms with Gasteiger partial charge in [0.05, 0.1) is 11.6 Å². The van der Waals surface area contributed by atoms with Gasteiger partial charge in [0, 0.05) is 11.2 Å². The molecule has 20 heavy (non-hydrogen) atoms. The summed E-state index contributed by atoms with van der Waals surface area (Å²) in [5.74, 6) is 0. The van der Waals surface area contributed by atoms with E-state index in [-0.39, 0.29) is 5.54 Å². The van der Waals surface area contributed by atoms with Crippen LogP contribution < -0.4 is 5.32 Å². The lowest BCUT2D eigenvalue weighted by molar-refractivity contribution is 0.518. The number of hydrogen-bond donors (Lipinski definition) is 1. The van der Waals surface area contributed by atoms with Gasteiger partial charge in [0.25, 0.3) is 0 Å². The Balaban J connectivity index is 1.98. The summed E-state index contributed by atoms with van der Waals surface area (Å²) < 4.78 is 0. The number of anilines is 1. The Bertz CT molecular complexity index is 594. The molecular weight excluding hydrogens is 244 g/mol. The molecule has 0 aliphatic rings. The fourth-order valence-corrected chi connectivity index (χ4v) is 2.22. The molecule has 102 valence electrons. The third-order valence-corrected chi connectivity index (χ3v) is 3.36. The van der Waals surface area contributed by atoms with Gasteiger partial charge in [-0.25, -0.2) is 0 Å². The van der Waals surface area contributed by atoms with Gasteiger partial charge < -0.3 is 5.32 Å². The smallest absolute Gasteiger partial charge is 0.0992 e. The molecule has 0 fully saturated rings. The van der Waals surface area contributed by atoms with Crippen molar-refractivity contribution in [2.45, 2.75) is 32.2 Å². The van der Waals surface area contributed by atoms with Crippen LogP contribution in [0.25, 0.3) is 0 Å². The number of hydrogen-bond acceptors (Lipinski definition) is 2. The second-order valence-electron chi connectivity index (χ2n) is 5.69. The van der Waals surface area contributed by atoms with Gasteiger partial charge in [-0.1, -0.05) is 36.4 Å². The van der Waals surface area contributed by atoms with Crippen molar-refractivity contribution in [1.82, 2.24) is 0 Å². The van der Waals surface area contributed by atoms with E-state index in [9.17, 15) is 0 Å². The van der Waals surface area contributed by atoms with Gasteiger partial charge in [-0.15, -0.1) is 0 Å². The molecule has 0 atom stereocenters. The highest BCUT2D eigenvalue weighted by Gasteiger charge is 2.17. The molecule has 0 spiro atoms. The Kier molecular flexibility index (Phi) is 4.42. The standard InChI is InChI=1S/C18H20N2/c1-18(2,12-11-15-7-4-3-5-8-15)20-17-10-6-9-16(13-17)14-19/h3-10,13,20H,11-12H2,1-2H3. The van der Waals surface area contributed by atoms with Gasteiger partial charge in [0.1, 0.15) is 0 Å². The van der Waals surface area contributed by atoms with Gasteiger partial charge >= 0.3 is 0 Å². The molecule has 0 amide bonds. The molecule has 2 aromatic rings. The maximum atomic E-state index is 8.93. The van der Waals surface area contributed by atoms with Gasteiger partial charge in [-0.05, 0) is 50.5 Å². The average Bonchev–Trinajstić information content (AvgIpc) is 2.46. The zero-order chi connectivity index (χ0) is 14.4. The highest BCUT2D eigenvalue weighted by Crippen LogP contribution is 2.21. The van der Waals surface area contributed by atoms with E-state index in [2.05, 4.69) is 49.5 Å². The van der Waals surface area contributed by atoms with Crippen LogP contribution in [0.15, 0.2) is 54.6 Å². The van der Waals surface area contributed by atoms with E-state index in [1.54, 1.807) is 0 Å². The van der Waals surface area contributed by atoms with Crippen molar-refractivity contribution in [2.24, 2.45) is 0 Å². The number of rotatable bonds is 5. The maximum absolute atomic E-state index is 8.93. The van der Waals surface area contributed by atoms with Crippen LogP contribution >= 0.6 is 0 Å². The lowest BCUT2D eigenvalue weighted by atomic mass is 9.95. The molecule has 0 bridgehead atoms. The molecule has 0 heterocycles. The monoisotopic (exact) mass is 264 g/mol. The Labute approximate surface area is 121 Å². The van der Waals surface area contributed by atoms with E-state index in [1.807, 2.05) is 30.3 Å². The summed E-state index contributed by atoms with van der Waals surface area (Å²) in [6, 6.07) is 20.3. The Morgan fingerprint density at radius 2 is 1.80 bits per heavy atom. The maximum Gasteiger partial charge on any atom is 0.0992 e. The largest absolute Gasteiger partial charge is 0.380 e. The SMILES string of the molecule is CC(C)(CCc1ccccc1)Nc1cccc(C#N)c1. The molecule has 0 saturated heterocycles. The summed E-state index contributed by atoms with van der Waals surface area (Å²) >= 11 is 0. The molecule has 0 aliphatic carbocycles. The molecule has 1 N–H and O–H groups in total. The first-order valence-corrected chi connectivity index (χ1v) is 6.91. The molecule has 2 nitrogen and oxygen atoms in total.